The van der Waals surface area contributed by atoms with Crippen molar-refractivity contribution in [2.24, 2.45) is 0 Å². The van der Waals surface area contributed by atoms with Crippen molar-refractivity contribution in [1.29, 1.82) is 0 Å². The topological polar surface area (TPSA) is 30.0 Å². The summed E-state index contributed by atoms with van der Waals surface area (Å²) >= 11 is 0. The summed E-state index contributed by atoms with van der Waals surface area (Å²) in [5.74, 6) is 0.180. The van der Waals surface area contributed by atoms with Gasteiger partial charge in [0.25, 0.3) is 0 Å². The highest BCUT2D eigenvalue weighted by Crippen LogP contribution is 2.03. The number of nitrogens with zero attached hydrogens (tertiary/aromatic N) is 1. The molecule has 0 unspecified atom stereocenters. The average molecular weight is 189 g/mol. The predicted molar refractivity (Wildman–Crippen MR) is 57.9 cm³/mol. The lowest BCUT2D eigenvalue weighted by Crippen LogP contribution is -1.86. The summed E-state index contributed by atoms with van der Waals surface area (Å²) in [7, 11) is 0. The number of allylic oxidation sites excluding steroid dienone is 1. The molecule has 0 radical (unpaired) electrons. The summed E-state index contributed by atoms with van der Waals surface area (Å²) < 4.78 is 0. The molecule has 0 amide bonds. The first-order valence-electron chi connectivity index (χ1n) is 4.83. The van der Waals surface area contributed by atoms with E-state index in [-0.39, 0.29) is 5.78 Å². The van der Waals surface area contributed by atoms with Gasteiger partial charge in [-0.3, -0.25) is 9.78 Å². The van der Waals surface area contributed by atoms with Crippen LogP contribution >= 0.6 is 0 Å². The fraction of sp³-hybridized carbons (Fsp3) is 0.333. The Labute approximate surface area is 84.7 Å². The van der Waals surface area contributed by atoms with Gasteiger partial charge < -0.3 is 0 Å². The lowest BCUT2D eigenvalue weighted by molar-refractivity contribution is -0.116. The minimum atomic E-state index is 0.180. The summed E-state index contributed by atoms with van der Waals surface area (Å²) in [5, 5.41) is 0. The first-order chi connectivity index (χ1) is 6.72. The van der Waals surface area contributed by atoms with E-state index in [2.05, 4.69) is 11.9 Å². The molecule has 74 valence electrons. The van der Waals surface area contributed by atoms with Crippen molar-refractivity contribution in [3.63, 3.8) is 0 Å². The Bertz CT molecular complexity index is 325. The lowest BCUT2D eigenvalue weighted by atomic mass is 10.2. The normalized spacial score (nSPS) is 10.7. The molecule has 0 atom stereocenters. The Balaban J connectivity index is 2.59. The van der Waals surface area contributed by atoms with Crippen LogP contribution in [0, 0.1) is 0 Å². The van der Waals surface area contributed by atoms with E-state index in [9.17, 15) is 4.79 Å². The maximum Gasteiger partial charge on any atom is 0.133 e. The number of aromatic nitrogens is 1. The van der Waals surface area contributed by atoms with Crippen LogP contribution in [0.4, 0.5) is 0 Å². The van der Waals surface area contributed by atoms with E-state index in [1.165, 1.54) is 0 Å². The quantitative estimate of drug-likeness (QED) is 0.728. The van der Waals surface area contributed by atoms with Crippen LogP contribution in [-0.2, 0) is 11.2 Å². The standard InChI is InChI=1S/C12H15NO/c1-3-12-8-7-11(9-13-12)6-4-5-10(2)14/h4,6-9H,3,5H2,1-2H3/b6-4+. The highest BCUT2D eigenvalue weighted by Gasteiger charge is 1.91. The zero-order valence-electron chi connectivity index (χ0n) is 8.66. The van der Waals surface area contributed by atoms with Gasteiger partial charge >= 0.3 is 0 Å². The molecule has 0 saturated carbocycles. The summed E-state index contributed by atoms with van der Waals surface area (Å²) in [5.41, 5.74) is 2.14. The molecule has 0 spiro atoms. The number of ketones is 1. The van der Waals surface area contributed by atoms with Gasteiger partial charge in [0, 0.05) is 18.3 Å². The van der Waals surface area contributed by atoms with Crippen molar-refractivity contribution >= 4 is 11.9 Å². The molecule has 1 heterocycles. The third kappa shape index (κ3) is 3.52. The maximum atomic E-state index is 10.7. The SMILES string of the molecule is CCc1ccc(/C=C/CC(C)=O)cn1. The minimum absolute atomic E-state index is 0.180. The van der Waals surface area contributed by atoms with Crippen molar-refractivity contribution in [2.75, 3.05) is 0 Å². The average Bonchev–Trinajstić information content (AvgIpc) is 2.18. The monoisotopic (exact) mass is 189 g/mol. The molecule has 0 N–H and O–H groups in total. The summed E-state index contributed by atoms with van der Waals surface area (Å²) in [4.78, 5) is 14.9. The maximum absolute atomic E-state index is 10.7. The van der Waals surface area contributed by atoms with E-state index in [0.717, 1.165) is 17.7 Å². The molecule has 0 saturated heterocycles. The smallest absolute Gasteiger partial charge is 0.133 e. The Morgan fingerprint density at radius 3 is 2.79 bits per heavy atom. The van der Waals surface area contributed by atoms with E-state index >= 15 is 0 Å². The number of aryl methyl sites for hydroxylation is 1. The Kier molecular flexibility index (Phi) is 4.05. The van der Waals surface area contributed by atoms with Crippen molar-refractivity contribution in [3.05, 3.63) is 35.7 Å². The molecule has 0 aliphatic heterocycles. The Morgan fingerprint density at radius 1 is 1.50 bits per heavy atom. The first kappa shape index (κ1) is 10.6. The zero-order chi connectivity index (χ0) is 10.4. The van der Waals surface area contributed by atoms with Gasteiger partial charge in [-0.15, -0.1) is 0 Å². The molecule has 1 rings (SSSR count). The van der Waals surface area contributed by atoms with Crippen molar-refractivity contribution < 1.29 is 4.79 Å². The summed E-state index contributed by atoms with van der Waals surface area (Å²) in [6.45, 7) is 3.66. The predicted octanol–water partition coefficient (Wildman–Crippen LogP) is 2.64. The van der Waals surface area contributed by atoms with Crippen LogP contribution in [0.1, 0.15) is 31.5 Å². The fourth-order valence-electron chi connectivity index (χ4n) is 1.10. The molecule has 1 aromatic heterocycles. The molecule has 0 fully saturated rings. The number of hydrogen-bond donors (Lipinski definition) is 0. The number of carbonyl (C=O) groups is 1. The second kappa shape index (κ2) is 5.32. The second-order valence-corrected chi connectivity index (χ2v) is 3.24. The molecule has 14 heavy (non-hydrogen) atoms. The third-order valence-electron chi connectivity index (χ3n) is 1.93. The van der Waals surface area contributed by atoms with Crippen LogP contribution in [0.3, 0.4) is 0 Å². The van der Waals surface area contributed by atoms with E-state index in [0.29, 0.717) is 6.42 Å². The van der Waals surface area contributed by atoms with Gasteiger partial charge in [0.1, 0.15) is 5.78 Å². The van der Waals surface area contributed by atoms with E-state index in [1.807, 2.05) is 30.5 Å². The van der Waals surface area contributed by atoms with Crippen LogP contribution in [0.5, 0.6) is 0 Å². The van der Waals surface area contributed by atoms with Crippen molar-refractivity contribution in [1.82, 2.24) is 4.98 Å². The zero-order valence-corrected chi connectivity index (χ0v) is 8.66. The lowest BCUT2D eigenvalue weighted by Gasteiger charge is -1.95. The Hall–Kier alpha value is -1.44. The van der Waals surface area contributed by atoms with E-state index in [4.69, 9.17) is 0 Å². The third-order valence-corrected chi connectivity index (χ3v) is 1.93. The van der Waals surface area contributed by atoms with Gasteiger partial charge in [-0.2, -0.15) is 0 Å². The molecule has 1 aromatic rings. The van der Waals surface area contributed by atoms with Crippen LogP contribution in [-0.4, -0.2) is 10.8 Å². The molecule has 2 heteroatoms. The highest BCUT2D eigenvalue weighted by atomic mass is 16.1. The molecule has 0 aliphatic carbocycles. The van der Waals surface area contributed by atoms with Crippen LogP contribution in [0.15, 0.2) is 24.4 Å². The molecule has 0 bridgehead atoms. The number of carbonyl (C=O) groups excluding carboxylic acids is 1. The first-order valence-corrected chi connectivity index (χ1v) is 4.83. The van der Waals surface area contributed by atoms with Gasteiger partial charge in [-0.1, -0.05) is 25.1 Å². The molecular formula is C12H15NO. The van der Waals surface area contributed by atoms with Crippen LogP contribution < -0.4 is 0 Å². The number of hydrogen-bond acceptors (Lipinski definition) is 2. The van der Waals surface area contributed by atoms with Crippen molar-refractivity contribution in [3.8, 4) is 0 Å². The summed E-state index contributed by atoms with van der Waals surface area (Å²) in [6.07, 6.45) is 7.07. The number of rotatable bonds is 4. The molecular weight excluding hydrogens is 174 g/mol. The second-order valence-electron chi connectivity index (χ2n) is 3.24. The van der Waals surface area contributed by atoms with Gasteiger partial charge in [0.05, 0.1) is 0 Å². The number of Topliss-reactive ketones (excluding diaryl/α,β-unsaturated/α-hetero) is 1. The Morgan fingerprint density at radius 2 is 2.29 bits per heavy atom. The number of pyridine rings is 1. The summed E-state index contributed by atoms with van der Waals surface area (Å²) in [6, 6.07) is 4.02. The largest absolute Gasteiger partial charge is 0.300 e. The van der Waals surface area contributed by atoms with E-state index in [1.54, 1.807) is 6.92 Å². The molecule has 0 aliphatic rings. The fourth-order valence-corrected chi connectivity index (χ4v) is 1.10. The molecule has 2 nitrogen and oxygen atoms in total. The van der Waals surface area contributed by atoms with Gasteiger partial charge in [-0.05, 0) is 25.0 Å². The van der Waals surface area contributed by atoms with Crippen LogP contribution in [0.2, 0.25) is 0 Å². The van der Waals surface area contributed by atoms with E-state index < -0.39 is 0 Å². The van der Waals surface area contributed by atoms with Gasteiger partial charge in [0.15, 0.2) is 0 Å². The highest BCUT2D eigenvalue weighted by molar-refractivity contribution is 5.78. The minimum Gasteiger partial charge on any atom is -0.300 e. The van der Waals surface area contributed by atoms with Crippen molar-refractivity contribution in [2.45, 2.75) is 26.7 Å². The van der Waals surface area contributed by atoms with Gasteiger partial charge in [0.2, 0.25) is 0 Å². The molecule has 0 aromatic carbocycles. The van der Waals surface area contributed by atoms with Gasteiger partial charge in [-0.25, -0.2) is 0 Å². The van der Waals surface area contributed by atoms with Crippen LogP contribution in [0.25, 0.3) is 6.08 Å².